The number of nitrogens with zero attached hydrogens (tertiary/aromatic N) is 1. The van der Waals surface area contributed by atoms with Crippen LogP contribution in [0.25, 0.3) is 0 Å². The number of ether oxygens (including phenoxy) is 1. The van der Waals surface area contributed by atoms with Crippen LogP contribution in [0.4, 0.5) is 5.69 Å². The molecule has 0 bridgehead atoms. The molecule has 0 saturated heterocycles. The minimum Gasteiger partial charge on any atom is -0.480 e. The lowest BCUT2D eigenvalue weighted by Gasteiger charge is -2.28. The largest absolute Gasteiger partial charge is 0.480 e. The van der Waals surface area contributed by atoms with Crippen molar-refractivity contribution in [1.29, 1.82) is 0 Å². The van der Waals surface area contributed by atoms with Crippen LogP contribution in [0, 0.1) is 0 Å². The Labute approximate surface area is 142 Å². The van der Waals surface area contributed by atoms with E-state index >= 15 is 0 Å². The van der Waals surface area contributed by atoms with Crippen LogP contribution in [0.2, 0.25) is 0 Å². The SMILES string of the molecule is CC(CNC(=O)C1Cc2ccccc2O1)N1CCc2ccccc21. The molecule has 4 nitrogen and oxygen atoms in total. The maximum Gasteiger partial charge on any atom is 0.261 e. The first-order chi connectivity index (χ1) is 11.7. The van der Waals surface area contributed by atoms with Gasteiger partial charge in [-0.15, -0.1) is 0 Å². The molecule has 2 atom stereocenters. The zero-order valence-corrected chi connectivity index (χ0v) is 13.9. The molecule has 0 aliphatic carbocycles. The van der Waals surface area contributed by atoms with Crippen molar-refractivity contribution in [2.24, 2.45) is 0 Å². The number of carbonyl (C=O) groups is 1. The highest BCUT2D eigenvalue weighted by molar-refractivity contribution is 5.82. The van der Waals surface area contributed by atoms with Gasteiger partial charge in [-0.3, -0.25) is 4.79 Å². The Bertz CT molecular complexity index is 734. The van der Waals surface area contributed by atoms with Gasteiger partial charge in [0, 0.05) is 31.2 Å². The normalized spacial score (nSPS) is 19.4. The van der Waals surface area contributed by atoms with Crippen LogP contribution >= 0.6 is 0 Å². The number of carbonyl (C=O) groups excluding carboxylic acids is 1. The molecular formula is C20H22N2O2. The maximum atomic E-state index is 12.4. The third kappa shape index (κ3) is 2.73. The van der Waals surface area contributed by atoms with Gasteiger partial charge >= 0.3 is 0 Å². The Kier molecular flexibility index (Phi) is 3.89. The predicted octanol–water partition coefficient (Wildman–Crippen LogP) is 2.56. The number of hydrogen-bond acceptors (Lipinski definition) is 3. The van der Waals surface area contributed by atoms with Crippen LogP contribution in [-0.4, -0.2) is 31.1 Å². The van der Waals surface area contributed by atoms with Crippen molar-refractivity contribution < 1.29 is 9.53 Å². The van der Waals surface area contributed by atoms with Gasteiger partial charge in [0.1, 0.15) is 5.75 Å². The summed E-state index contributed by atoms with van der Waals surface area (Å²) in [6.45, 7) is 3.80. The zero-order chi connectivity index (χ0) is 16.5. The number of fused-ring (bicyclic) bond motifs is 2. The summed E-state index contributed by atoms with van der Waals surface area (Å²) < 4.78 is 5.76. The van der Waals surface area contributed by atoms with Crippen molar-refractivity contribution in [1.82, 2.24) is 5.32 Å². The van der Waals surface area contributed by atoms with E-state index in [1.54, 1.807) is 0 Å². The number of anilines is 1. The van der Waals surface area contributed by atoms with Crippen molar-refractivity contribution in [2.75, 3.05) is 18.0 Å². The molecule has 1 N–H and O–H groups in total. The molecule has 4 heteroatoms. The molecule has 2 aliphatic heterocycles. The Balaban J connectivity index is 1.34. The van der Waals surface area contributed by atoms with Crippen molar-refractivity contribution in [3.05, 3.63) is 59.7 Å². The highest BCUT2D eigenvalue weighted by Crippen LogP contribution is 2.30. The first-order valence-corrected chi connectivity index (χ1v) is 8.59. The number of benzene rings is 2. The standard InChI is InChI=1S/C20H22N2O2/c1-14(22-11-10-15-6-2-4-8-17(15)22)13-21-20(23)19-12-16-7-3-5-9-18(16)24-19/h2-9,14,19H,10-13H2,1H3,(H,21,23). The molecule has 0 spiro atoms. The summed E-state index contributed by atoms with van der Waals surface area (Å²) in [5, 5.41) is 3.06. The molecule has 2 unspecified atom stereocenters. The number of amides is 1. The van der Waals surface area contributed by atoms with Crippen molar-refractivity contribution in [3.63, 3.8) is 0 Å². The van der Waals surface area contributed by atoms with E-state index in [-0.39, 0.29) is 11.9 Å². The molecule has 24 heavy (non-hydrogen) atoms. The Morgan fingerprint density at radius 1 is 1.21 bits per heavy atom. The second-order valence-corrected chi connectivity index (χ2v) is 6.58. The fourth-order valence-electron chi connectivity index (χ4n) is 3.62. The van der Waals surface area contributed by atoms with Gasteiger partial charge in [-0.2, -0.15) is 0 Å². The molecule has 124 valence electrons. The van der Waals surface area contributed by atoms with Crippen molar-refractivity contribution in [2.45, 2.75) is 31.9 Å². The second kappa shape index (κ2) is 6.19. The van der Waals surface area contributed by atoms with Gasteiger partial charge in [0.15, 0.2) is 6.10 Å². The van der Waals surface area contributed by atoms with E-state index in [9.17, 15) is 4.79 Å². The topological polar surface area (TPSA) is 41.6 Å². The summed E-state index contributed by atoms with van der Waals surface area (Å²) in [6.07, 6.45) is 1.33. The van der Waals surface area contributed by atoms with E-state index < -0.39 is 6.10 Å². The van der Waals surface area contributed by atoms with Gasteiger partial charge in [0.25, 0.3) is 5.91 Å². The molecule has 4 rings (SSSR count). The minimum absolute atomic E-state index is 0.0227. The molecule has 0 saturated carbocycles. The Morgan fingerprint density at radius 2 is 1.96 bits per heavy atom. The van der Waals surface area contributed by atoms with Gasteiger partial charge in [0.2, 0.25) is 0 Å². The Morgan fingerprint density at radius 3 is 2.79 bits per heavy atom. The van der Waals surface area contributed by atoms with E-state index in [1.165, 1.54) is 11.3 Å². The van der Waals surface area contributed by atoms with E-state index in [0.717, 1.165) is 24.3 Å². The van der Waals surface area contributed by atoms with Gasteiger partial charge in [-0.05, 0) is 36.6 Å². The molecule has 2 aromatic carbocycles. The summed E-state index contributed by atoms with van der Waals surface area (Å²) in [5.41, 5.74) is 3.80. The lowest BCUT2D eigenvalue weighted by atomic mass is 10.1. The average molecular weight is 322 g/mol. The minimum atomic E-state index is -0.402. The van der Waals surface area contributed by atoms with Crippen LogP contribution in [0.1, 0.15) is 18.1 Å². The summed E-state index contributed by atoms with van der Waals surface area (Å²) in [4.78, 5) is 14.8. The molecule has 0 aromatic heterocycles. The highest BCUT2D eigenvalue weighted by Gasteiger charge is 2.29. The fraction of sp³-hybridized carbons (Fsp3) is 0.350. The van der Waals surface area contributed by atoms with Crippen LogP contribution in [0.15, 0.2) is 48.5 Å². The van der Waals surface area contributed by atoms with Gasteiger partial charge in [0.05, 0.1) is 0 Å². The molecular weight excluding hydrogens is 300 g/mol. The summed E-state index contributed by atoms with van der Waals surface area (Å²) in [6, 6.07) is 16.6. The van der Waals surface area contributed by atoms with Crippen LogP contribution in [-0.2, 0) is 17.6 Å². The van der Waals surface area contributed by atoms with Crippen LogP contribution in [0.5, 0.6) is 5.75 Å². The summed E-state index contributed by atoms with van der Waals surface area (Å²) in [5.74, 6) is 0.810. The number of rotatable bonds is 4. The maximum absolute atomic E-state index is 12.4. The monoisotopic (exact) mass is 322 g/mol. The van der Waals surface area contributed by atoms with Crippen molar-refractivity contribution in [3.8, 4) is 5.75 Å². The summed E-state index contributed by atoms with van der Waals surface area (Å²) >= 11 is 0. The van der Waals surface area contributed by atoms with Crippen LogP contribution < -0.4 is 15.0 Å². The quantitative estimate of drug-likeness (QED) is 0.940. The number of nitrogens with one attached hydrogen (secondary N) is 1. The van der Waals surface area contributed by atoms with E-state index in [4.69, 9.17) is 4.74 Å². The van der Waals surface area contributed by atoms with E-state index in [1.807, 2.05) is 24.3 Å². The van der Waals surface area contributed by atoms with Crippen molar-refractivity contribution >= 4 is 11.6 Å². The molecule has 0 radical (unpaired) electrons. The molecule has 2 aromatic rings. The van der Waals surface area contributed by atoms with Gasteiger partial charge in [-0.25, -0.2) is 0 Å². The molecule has 2 heterocycles. The average Bonchev–Trinajstić information content (AvgIpc) is 3.23. The first kappa shape index (κ1) is 15.1. The lowest BCUT2D eigenvalue weighted by Crippen LogP contribution is -2.45. The highest BCUT2D eigenvalue weighted by atomic mass is 16.5. The first-order valence-electron chi connectivity index (χ1n) is 8.59. The zero-order valence-electron chi connectivity index (χ0n) is 13.9. The number of hydrogen-bond donors (Lipinski definition) is 1. The van der Waals surface area contributed by atoms with E-state index in [2.05, 4.69) is 41.4 Å². The smallest absolute Gasteiger partial charge is 0.261 e. The van der Waals surface area contributed by atoms with Gasteiger partial charge < -0.3 is 15.0 Å². The van der Waals surface area contributed by atoms with E-state index in [0.29, 0.717) is 13.0 Å². The van der Waals surface area contributed by atoms with Gasteiger partial charge in [-0.1, -0.05) is 36.4 Å². The molecule has 2 aliphatic rings. The summed E-state index contributed by atoms with van der Waals surface area (Å²) in [7, 11) is 0. The third-order valence-corrected chi connectivity index (χ3v) is 4.97. The predicted molar refractivity (Wildman–Crippen MR) is 94.5 cm³/mol. The third-order valence-electron chi connectivity index (χ3n) is 4.97. The lowest BCUT2D eigenvalue weighted by molar-refractivity contribution is -0.127. The fourth-order valence-corrected chi connectivity index (χ4v) is 3.62. The number of para-hydroxylation sites is 2. The Hall–Kier alpha value is -2.49. The molecule has 1 amide bonds. The molecule has 0 fully saturated rings. The van der Waals surface area contributed by atoms with Crippen LogP contribution in [0.3, 0.4) is 0 Å². The second-order valence-electron chi connectivity index (χ2n) is 6.58.